The third kappa shape index (κ3) is 2.09. The minimum atomic E-state index is -0.00150. The van der Waals surface area contributed by atoms with Crippen molar-refractivity contribution in [3.05, 3.63) is 27.7 Å². The first-order valence-electron chi connectivity index (χ1n) is 4.83. The van der Waals surface area contributed by atoms with Crippen LogP contribution in [0.5, 0.6) is 0 Å². The van der Waals surface area contributed by atoms with Crippen LogP contribution in [0.15, 0.2) is 22.7 Å². The lowest BCUT2D eigenvalue weighted by atomic mass is 10.1. The first kappa shape index (κ1) is 11.5. The molecule has 1 aromatic carbocycles. The summed E-state index contributed by atoms with van der Waals surface area (Å²) in [4.78, 5) is 13.5. The summed E-state index contributed by atoms with van der Waals surface area (Å²) in [5.74, 6) is 2.66. The number of hydrogen-bond donors (Lipinski definition) is 0. The van der Waals surface area contributed by atoms with Gasteiger partial charge in [-0.2, -0.15) is 0 Å². The minimum Gasteiger partial charge on any atom is -0.310 e. The monoisotopic (exact) mass is 297 g/mol. The zero-order valence-electron chi connectivity index (χ0n) is 8.41. The van der Waals surface area contributed by atoms with Gasteiger partial charge < -0.3 is 4.90 Å². The molecule has 0 radical (unpaired) electrons. The molecule has 1 heterocycles. The number of nitrogens with zero attached hydrogens (tertiary/aromatic N) is 1. The van der Waals surface area contributed by atoms with Crippen LogP contribution in [-0.4, -0.2) is 12.5 Å². The van der Waals surface area contributed by atoms with Crippen molar-refractivity contribution >= 4 is 39.1 Å². The standard InChI is InChI=1S/C12H9BrClNO/c1-2-8-5-12(16)15(7-8)11-6-9(14)3-4-10(11)13/h1,3-4,6,8H,5,7H2. The largest absolute Gasteiger partial charge is 0.310 e. The van der Waals surface area contributed by atoms with Crippen LogP contribution in [-0.2, 0) is 4.79 Å². The second kappa shape index (κ2) is 4.48. The third-order valence-electron chi connectivity index (χ3n) is 2.56. The normalized spacial score (nSPS) is 19.9. The average Bonchev–Trinajstić information content (AvgIpc) is 2.63. The summed E-state index contributed by atoms with van der Waals surface area (Å²) < 4.78 is 0.850. The van der Waals surface area contributed by atoms with Crippen LogP contribution in [0.3, 0.4) is 0 Å². The molecule has 2 rings (SSSR count). The molecule has 0 N–H and O–H groups in total. The van der Waals surface area contributed by atoms with Gasteiger partial charge >= 0.3 is 0 Å². The maximum Gasteiger partial charge on any atom is 0.228 e. The van der Waals surface area contributed by atoms with Gasteiger partial charge in [0.15, 0.2) is 0 Å². The van der Waals surface area contributed by atoms with Crippen LogP contribution in [0.2, 0.25) is 5.02 Å². The van der Waals surface area contributed by atoms with Crippen LogP contribution < -0.4 is 4.90 Å². The molecule has 1 fully saturated rings. The number of halogens is 2. The van der Waals surface area contributed by atoms with Crippen LogP contribution in [0.25, 0.3) is 0 Å². The highest BCUT2D eigenvalue weighted by Crippen LogP contribution is 2.33. The number of benzene rings is 1. The molecule has 0 spiro atoms. The van der Waals surface area contributed by atoms with Crippen LogP contribution >= 0.6 is 27.5 Å². The number of anilines is 1. The Morgan fingerprint density at radius 3 is 2.94 bits per heavy atom. The van der Waals surface area contributed by atoms with E-state index in [4.69, 9.17) is 18.0 Å². The van der Waals surface area contributed by atoms with Gasteiger partial charge in [0, 0.05) is 28.4 Å². The topological polar surface area (TPSA) is 20.3 Å². The van der Waals surface area contributed by atoms with E-state index in [1.54, 1.807) is 17.0 Å². The van der Waals surface area contributed by atoms with E-state index in [1.165, 1.54) is 0 Å². The van der Waals surface area contributed by atoms with Gasteiger partial charge in [0.1, 0.15) is 0 Å². The molecule has 0 bridgehead atoms. The Kier molecular flexibility index (Phi) is 3.22. The Balaban J connectivity index is 2.35. The summed E-state index contributed by atoms with van der Waals surface area (Å²) >= 11 is 9.32. The van der Waals surface area contributed by atoms with E-state index >= 15 is 0 Å². The van der Waals surface area contributed by atoms with E-state index in [2.05, 4.69) is 21.9 Å². The third-order valence-corrected chi connectivity index (χ3v) is 3.47. The fraction of sp³-hybridized carbons (Fsp3) is 0.250. The second-order valence-electron chi connectivity index (χ2n) is 3.67. The zero-order chi connectivity index (χ0) is 11.7. The van der Waals surface area contributed by atoms with Crippen molar-refractivity contribution < 1.29 is 4.79 Å². The molecule has 16 heavy (non-hydrogen) atoms. The molecule has 82 valence electrons. The molecule has 1 saturated heterocycles. The van der Waals surface area contributed by atoms with Crippen molar-refractivity contribution in [3.63, 3.8) is 0 Å². The number of carbonyl (C=O) groups excluding carboxylic acids is 1. The van der Waals surface area contributed by atoms with Gasteiger partial charge in [0.2, 0.25) is 5.91 Å². The first-order valence-corrected chi connectivity index (χ1v) is 6.00. The minimum absolute atomic E-state index is 0.00150. The van der Waals surface area contributed by atoms with Gasteiger partial charge in [-0.25, -0.2) is 0 Å². The van der Waals surface area contributed by atoms with Gasteiger partial charge in [-0.3, -0.25) is 4.79 Å². The molecule has 2 nitrogen and oxygen atoms in total. The molecule has 1 atom stereocenters. The Morgan fingerprint density at radius 2 is 2.31 bits per heavy atom. The number of hydrogen-bond acceptors (Lipinski definition) is 1. The van der Waals surface area contributed by atoms with E-state index in [-0.39, 0.29) is 11.8 Å². The summed E-state index contributed by atoms with van der Waals surface area (Å²) in [6, 6.07) is 5.37. The SMILES string of the molecule is C#CC1CC(=O)N(c2cc(Cl)ccc2Br)C1. The van der Waals surface area contributed by atoms with Gasteiger partial charge in [-0.05, 0) is 34.1 Å². The maximum atomic E-state index is 11.8. The van der Waals surface area contributed by atoms with E-state index in [9.17, 15) is 4.79 Å². The van der Waals surface area contributed by atoms with Crippen molar-refractivity contribution in [1.82, 2.24) is 0 Å². The molecule has 0 aromatic heterocycles. The summed E-state index contributed by atoms with van der Waals surface area (Å²) in [5.41, 5.74) is 0.787. The molecule has 1 aliphatic heterocycles. The predicted molar refractivity (Wildman–Crippen MR) is 68.4 cm³/mol. The summed E-state index contributed by atoms with van der Waals surface area (Å²) in [6.45, 7) is 0.564. The maximum absolute atomic E-state index is 11.8. The predicted octanol–water partition coefficient (Wildman–Crippen LogP) is 3.09. The number of carbonyl (C=O) groups is 1. The smallest absolute Gasteiger partial charge is 0.228 e. The lowest BCUT2D eigenvalue weighted by molar-refractivity contribution is -0.117. The van der Waals surface area contributed by atoms with Crippen molar-refractivity contribution in [1.29, 1.82) is 0 Å². The second-order valence-corrected chi connectivity index (χ2v) is 4.96. The number of rotatable bonds is 1. The molecule has 0 saturated carbocycles. The van der Waals surface area contributed by atoms with E-state index in [1.807, 2.05) is 6.07 Å². The van der Waals surface area contributed by atoms with Crippen molar-refractivity contribution in [2.24, 2.45) is 5.92 Å². The van der Waals surface area contributed by atoms with E-state index < -0.39 is 0 Å². The Bertz CT molecular complexity index is 480. The van der Waals surface area contributed by atoms with E-state index in [0.717, 1.165) is 10.2 Å². The van der Waals surface area contributed by atoms with E-state index in [0.29, 0.717) is 18.0 Å². The molecule has 1 amide bonds. The van der Waals surface area contributed by atoms with Crippen molar-refractivity contribution in [3.8, 4) is 12.3 Å². The van der Waals surface area contributed by atoms with Crippen LogP contribution in [0, 0.1) is 18.3 Å². The van der Waals surface area contributed by atoms with Gasteiger partial charge in [0.05, 0.1) is 5.69 Å². The quantitative estimate of drug-likeness (QED) is 0.730. The van der Waals surface area contributed by atoms with Gasteiger partial charge in [-0.15, -0.1) is 12.3 Å². The summed E-state index contributed by atoms with van der Waals surface area (Å²) in [5, 5.41) is 0.607. The number of amides is 1. The number of terminal acetylenes is 1. The average molecular weight is 299 g/mol. The Labute approximate surface area is 108 Å². The highest BCUT2D eigenvalue weighted by atomic mass is 79.9. The van der Waals surface area contributed by atoms with Crippen LogP contribution in [0.4, 0.5) is 5.69 Å². The Morgan fingerprint density at radius 1 is 1.56 bits per heavy atom. The molecule has 1 unspecified atom stereocenters. The van der Waals surface area contributed by atoms with Crippen molar-refractivity contribution in [2.75, 3.05) is 11.4 Å². The molecule has 1 aromatic rings. The highest BCUT2D eigenvalue weighted by molar-refractivity contribution is 9.10. The lowest BCUT2D eigenvalue weighted by Gasteiger charge is -2.17. The lowest BCUT2D eigenvalue weighted by Crippen LogP contribution is -2.24. The zero-order valence-corrected chi connectivity index (χ0v) is 10.8. The molecule has 1 aliphatic rings. The highest BCUT2D eigenvalue weighted by Gasteiger charge is 2.30. The van der Waals surface area contributed by atoms with Gasteiger partial charge in [-0.1, -0.05) is 11.6 Å². The summed E-state index contributed by atoms with van der Waals surface area (Å²) in [6.07, 6.45) is 5.75. The Hall–Kier alpha value is -0.980. The molecule has 0 aliphatic carbocycles. The molecular formula is C12H9BrClNO. The fourth-order valence-corrected chi connectivity index (χ4v) is 2.37. The van der Waals surface area contributed by atoms with Crippen LogP contribution in [0.1, 0.15) is 6.42 Å². The summed E-state index contributed by atoms with van der Waals surface area (Å²) in [7, 11) is 0. The fourth-order valence-electron chi connectivity index (χ4n) is 1.74. The first-order chi connectivity index (χ1) is 7.61. The van der Waals surface area contributed by atoms with Gasteiger partial charge in [0.25, 0.3) is 0 Å². The van der Waals surface area contributed by atoms with Crippen molar-refractivity contribution in [2.45, 2.75) is 6.42 Å². The molecule has 4 heteroatoms. The molecular weight excluding hydrogens is 289 g/mol.